The molecule has 33 heavy (non-hydrogen) atoms. The van der Waals surface area contributed by atoms with Gasteiger partial charge in [-0.1, -0.05) is 39.7 Å². The third-order valence-corrected chi connectivity index (χ3v) is 7.22. The molecule has 0 unspecified atom stereocenters. The summed E-state index contributed by atoms with van der Waals surface area (Å²) in [6.07, 6.45) is 1.51. The molecule has 0 aliphatic rings. The van der Waals surface area contributed by atoms with E-state index in [-0.39, 0.29) is 33.1 Å². The lowest BCUT2D eigenvalue weighted by Gasteiger charge is -2.21. The molecule has 0 aliphatic heterocycles. The van der Waals surface area contributed by atoms with Gasteiger partial charge in [0.05, 0.1) is 11.4 Å². The van der Waals surface area contributed by atoms with Crippen LogP contribution in [0.4, 0.5) is 10.2 Å². The van der Waals surface area contributed by atoms with E-state index in [0.29, 0.717) is 5.56 Å². The molecule has 2 aromatic heterocycles. The Morgan fingerprint density at radius 3 is 2.48 bits per heavy atom. The van der Waals surface area contributed by atoms with Gasteiger partial charge in [-0.25, -0.2) is 17.8 Å². The number of rotatable bonds is 6. The van der Waals surface area contributed by atoms with Crippen LogP contribution in [0.5, 0.6) is 0 Å². The fourth-order valence-corrected chi connectivity index (χ4v) is 4.70. The van der Waals surface area contributed by atoms with Gasteiger partial charge in [0.2, 0.25) is 14.9 Å². The molecule has 0 N–H and O–H groups in total. The molecule has 0 fully saturated rings. The van der Waals surface area contributed by atoms with E-state index in [4.69, 9.17) is 16.0 Å². The van der Waals surface area contributed by atoms with Crippen molar-refractivity contribution >= 4 is 49.1 Å². The predicted octanol–water partition coefficient (Wildman–Crippen LogP) is 5.91. The van der Waals surface area contributed by atoms with E-state index in [1.807, 2.05) is 0 Å². The van der Waals surface area contributed by atoms with Gasteiger partial charge in [0.15, 0.2) is 5.76 Å². The minimum Gasteiger partial charge on any atom is -0.439 e. The van der Waals surface area contributed by atoms with Crippen molar-refractivity contribution < 1.29 is 22.0 Å². The maximum absolute atomic E-state index is 13.5. The van der Waals surface area contributed by atoms with Gasteiger partial charge in [0.25, 0.3) is 5.91 Å². The molecule has 0 atom stereocenters. The van der Waals surface area contributed by atoms with Crippen molar-refractivity contribution in [1.82, 2.24) is 4.98 Å². The number of nitrogens with zero attached hydrogens (tertiary/aromatic N) is 2. The first-order valence-electron chi connectivity index (χ1n) is 9.53. The van der Waals surface area contributed by atoms with Crippen LogP contribution < -0.4 is 4.90 Å². The quantitative estimate of drug-likeness (QED) is 0.299. The van der Waals surface area contributed by atoms with Crippen molar-refractivity contribution in [2.45, 2.75) is 16.5 Å². The summed E-state index contributed by atoms with van der Waals surface area (Å²) in [7, 11) is -3.97. The van der Waals surface area contributed by atoms with Crippen LogP contribution in [0.15, 0.2) is 97.9 Å². The van der Waals surface area contributed by atoms with Gasteiger partial charge in [0.1, 0.15) is 11.6 Å². The summed E-state index contributed by atoms with van der Waals surface area (Å²) in [6, 6.07) is 17.4. The molecular formula is C23H15BrClFN2O4S. The minimum absolute atomic E-state index is 0.0266. The zero-order valence-electron chi connectivity index (χ0n) is 16.8. The smallest absolute Gasteiger partial charge is 0.295 e. The van der Waals surface area contributed by atoms with Gasteiger partial charge in [-0.3, -0.25) is 9.69 Å². The molecule has 0 saturated carbocycles. The number of carbonyl (C=O) groups is 1. The Bertz CT molecular complexity index is 1410. The normalized spacial score (nSPS) is 11.4. The highest BCUT2D eigenvalue weighted by atomic mass is 79.9. The van der Waals surface area contributed by atoms with Crippen LogP contribution in [-0.2, 0) is 16.4 Å². The van der Waals surface area contributed by atoms with E-state index in [9.17, 15) is 17.6 Å². The van der Waals surface area contributed by atoms with Crippen LogP contribution in [0, 0.1) is 5.82 Å². The van der Waals surface area contributed by atoms with Gasteiger partial charge in [0, 0.05) is 15.7 Å². The Hall–Kier alpha value is -3.01. The number of benzene rings is 2. The Morgan fingerprint density at radius 2 is 1.82 bits per heavy atom. The number of sulfone groups is 1. The van der Waals surface area contributed by atoms with Gasteiger partial charge in [-0.2, -0.15) is 0 Å². The van der Waals surface area contributed by atoms with Gasteiger partial charge >= 0.3 is 0 Å². The van der Waals surface area contributed by atoms with Crippen molar-refractivity contribution in [3.05, 3.63) is 106 Å². The molecule has 1 amide bonds. The summed E-state index contributed by atoms with van der Waals surface area (Å²) in [5.41, 5.74) is 0.478. The Morgan fingerprint density at radius 1 is 1.06 bits per heavy atom. The molecule has 2 heterocycles. The third kappa shape index (κ3) is 5.00. The second-order valence-corrected chi connectivity index (χ2v) is 10.1. The second kappa shape index (κ2) is 9.46. The summed E-state index contributed by atoms with van der Waals surface area (Å²) in [5.74, 6) is -1.05. The largest absolute Gasteiger partial charge is 0.439 e. The molecule has 0 spiro atoms. The Balaban J connectivity index is 1.68. The molecule has 4 aromatic rings. The first-order valence-corrected chi connectivity index (χ1v) is 12.2. The van der Waals surface area contributed by atoms with Gasteiger partial charge in [-0.05, 0) is 66.2 Å². The summed E-state index contributed by atoms with van der Waals surface area (Å²) in [5, 5.41) is -0.226. The number of pyridine rings is 1. The maximum Gasteiger partial charge on any atom is 0.295 e. The van der Waals surface area contributed by atoms with Crippen molar-refractivity contribution in [2.24, 2.45) is 0 Å². The zero-order valence-corrected chi connectivity index (χ0v) is 19.9. The van der Waals surface area contributed by atoms with E-state index < -0.39 is 21.6 Å². The van der Waals surface area contributed by atoms with Crippen LogP contribution in [0.25, 0.3) is 0 Å². The topological polar surface area (TPSA) is 80.5 Å². The van der Waals surface area contributed by atoms with Crippen LogP contribution >= 0.6 is 27.5 Å². The average Bonchev–Trinajstić information content (AvgIpc) is 3.30. The van der Waals surface area contributed by atoms with E-state index in [1.165, 1.54) is 47.5 Å². The van der Waals surface area contributed by atoms with E-state index in [0.717, 1.165) is 10.5 Å². The molecule has 0 aliphatic carbocycles. The number of furan rings is 1. The fraction of sp³-hybridized carbons (Fsp3) is 0.0435. The number of halogens is 3. The lowest BCUT2D eigenvalue weighted by atomic mass is 10.2. The second-order valence-electron chi connectivity index (χ2n) is 6.89. The van der Waals surface area contributed by atoms with Crippen LogP contribution in [0.1, 0.15) is 16.1 Å². The molecule has 0 saturated heterocycles. The number of hydrogen-bond acceptors (Lipinski definition) is 5. The molecule has 6 nitrogen and oxygen atoms in total. The lowest BCUT2D eigenvalue weighted by molar-refractivity contribution is 0.0952. The highest BCUT2D eigenvalue weighted by Crippen LogP contribution is 2.27. The molecule has 2 aromatic carbocycles. The molecule has 4 rings (SSSR count). The Kier molecular flexibility index (Phi) is 6.64. The summed E-state index contributed by atoms with van der Waals surface area (Å²) >= 11 is 9.41. The average molecular weight is 550 g/mol. The minimum atomic E-state index is -3.97. The molecule has 168 valence electrons. The SMILES string of the molecule is O=C(c1ccc(S(=O)(=O)c2ccc(Br)cc2)o1)N(Cc1ccc(F)cc1Cl)c1ccccn1. The fourth-order valence-electron chi connectivity index (χ4n) is 3.03. The monoisotopic (exact) mass is 548 g/mol. The van der Waals surface area contributed by atoms with Crippen molar-refractivity contribution in [1.29, 1.82) is 0 Å². The van der Waals surface area contributed by atoms with E-state index in [2.05, 4.69) is 20.9 Å². The highest BCUT2D eigenvalue weighted by Gasteiger charge is 2.27. The van der Waals surface area contributed by atoms with Crippen molar-refractivity contribution in [2.75, 3.05) is 4.90 Å². The predicted molar refractivity (Wildman–Crippen MR) is 124 cm³/mol. The molecular weight excluding hydrogens is 535 g/mol. The first-order chi connectivity index (χ1) is 15.8. The van der Waals surface area contributed by atoms with E-state index >= 15 is 0 Å². The lowest BCUT2D eigenvalue weighted by Crippen LogP contribution is -2.31. The zero-order chi connectivity index (χ0) is 23.6. The van der Waals surface area contributed by atoms with E-state index in [1.54, 1.807) is 30.3 Å². The number of aromatic nitrogens is 1. The highest BCUT2D eigenvalue weighted by molar-refractivity contribution is 9.10. The summed E-state index contributed by atoms with van der Waals surface area (Å²) in [6.45, 7) is -0.0372. The van der Waals surface area contributed by atoms with Crippen LogP contribution in [-0.4, -0.2) is 19.3 Å². The summed E-state index contributed by atoms with van der Waals surface area (Å²) in [4.78, 5) is 18.8. The molecule has 10 heteroatoms. The van der Waals surface area contributed by atoms with Crippen LogP contribution in [0.3, 0.4) is 0 Å². The van der Waals surface area contributed by atoms with Gasteiger partial charge < -0.3 is 4.42 Å². The number of carbonyl (C=O) groups excluding carboxylic acids is 1. The number of hydrogen-bond donors (Lipinski definition) is 0. The van der Waals surface area contributed by atoms with Crippen LogP contribution in [0.2, 0.25) is 5.02 Å². The third-order valence-electron chi connectivity index (χ3n) is 4.70. The maximum atomic E-state index is 13.5. The summed E-state index contributed by atoms with van der Waals surface area (Å²) < 4.78 is 45.4. The molecule has 0 bridgehead atoms. The number of amides is 1. The first kappa shape index (κ1) is 23.2. The Labute approximate surface area is 202 Å². The standard InChI is InChI=1S/C23H15BrClFN2O4S/c24-16-5-8-18(9-6-16)33(30,31)22-11-10-20(32-22)23(29)28(21-3-1-2-12-27-21)14-15-4-7-17(26)13-19(15)25/h1-13H,14H2. The van der Waals surface area contributed by atoms with Crippen molar-refractivity contribution in [3.8, 4) is 0 Å². The molecule has 0 radical (unpaired) electrons. The van der Waals surface area contributed by atoms with Crippen molar-refractivity contribution in [3.63, 3.8) is 0 Å². The van der Waals surface area contributed by atoms with Gasteiger partial charge in [-0.15, -0.1) is 0 Å². The number of anilines is 1.